The first-order valence-electron chi connectivity index (χ1n) is 11.3. The van der Waals surface area contributed by atoms with Gasteiger partial charge < -0.3 is 25.5 Å². The lowest BCUT2D eigenvalue weighted by Crippen LogP contribution is -2.42. The number of benzene rings is 1. The van der Waals surface area contributed by atoms with Gasteiger partial charge >= 0.3 is 5.97 Å². The first-order valence-corrected chi connectivity index (χ1v) is 11.3. The Morgan fingerprint density at radius 3 is 2.64 bits per heavy atom. The summed E-state index contributed by atoms with van der Waals surface area (Å²) in [5, 5.41) is 20.8. The van der Waals surface area contributed by atoms with Gasteiger partial charge in [-0.25, -0.2) is 4.79 Å². The molecule has 1 atom stereocenters. The van der Waals surface area contributed by atoms with Crippen molar-refractivity contribution < 1.29 is 15.0 Å². The number of aryl methyl sites for hydroxylation is 1. The van der Waals surface area contributed by atoms with Gasteiger partial charge in [0.2, 0.25) is 0 Å². The van der Waals surface area contributed by atoms with Gasteiger partial charge in [-0.3, -0.25) is 9.69 Å². The smallest absolute Gasteiger partial charge is 0.345 e. The lowest BCUT2D eigenvalue weighted by Gasteiger charge is -2.27. The van der Waals surface area contributed by atoms with Crippen LogP contribution in [0.2, 0.25) is 0 Å². The molecule has 8 heteroatoms. The molecule has 0 aliphatic carbocycles. The number of aromatic hydroxyl groups is 1. The van der Waals surface area contributed by atoms with Gasteiger partial charge in [-0.05, 0) is 62.9 Å². The molecule has 2 aromatic heterocycles. The van der Waals surface area contributed by atoms with Crippen LogP contribution in [0, 0.1) is 5.92 Å². The second-order valence-electron chi connectivity index (χ2n) is 9.70. The molecule has 0 radical (unpaired) electrons. The summed E-state index contributed by atoms with van der Waals surface area (Å²) in [7, 11) is 2.05. The highest BCUT2D eigenvalue weighted by molar-refractivity contribution is 5.92. The Labute approximate surface area is 192 Å². The van der Waals surface area contributed by atoms with Crippen molar-refractivity contribution >= 4 is 16.9 Å². The van der Waals surface area contributed by atoms with Crippen LogP contribution in [-0.2, 0) is 20.0 Å². The number of aromatic amines is 1. The summed E-state index contributed by atoms with van der Waals surface area (Å²) in [5.74, 6) is -1.44. The Bertz CT molecular complexity index is 1280. The van der Waals surface area contributed by atoms with E-state index >= 15 is 0 Å². The van der Waals surface area contributed by atoms with Crippen molar-refractivity contribution in [3.05, 3.63) is 51.4 Å². The van der Waals surface area contributed by atoms with Crippen molar-refractivity contribution in [2.24, 2.45) is 18.7 Å². The lowest BCUT2D eigenvalue weighted by atomic mass is 9.88. The standard InChI is InChI=1S/C25H32N4O4/c1-5-18-21(27-23(31)20(22(18)30)24(32)33)14-6-7-19-15(10-14)11-17(28(19)4)13-29-9-8-16(12-29)25(2,3)26/h6-7,10-11,16H,5,8-9,12-13,26H2,1-4H3,(H,32,33)(H2,27,30,31). The summed E-state index contributed by atoms with van der Waals surface area (Å²) in [6.07, 6.45) is 1.48. The number of hydrogen-bond acceptors (Lipinski definition) is 5. The Balaban J connectivity index is 1.69. The fraction of sp³-hybridized carbons (Fsp3) is 0.440. The quantitative estimate of drug-likeness (QED) is 0.456. The maximum atomic E-state index is 12.3. The summed E-state index contributed by atoms with van der Waals surface area (Å²) < 4.78 is 2.18. The van der Waals surface area contributed by atoms with Gasteiger partial charge in [0.1, 0.15) is 5.75 Å². The lowest BCUT2D eigenvalue weighted by molar-refractivity contribution is 0.0691. The number of pyridine rings is 1. The van der Waals surface area contributed by atoms with E-state index in [1.165, 1.54) is 5.69 Å². The molecular weight excluding hydrogens is 420 g/mol. The maximum absolute atomic E-state index is 12.3. The third-order valence-corrected chi connectivity index (χ3v) is 7.00. The fourth-order valence-corrected chi connectivity index (χ4v) is 4.94. The fourth-order valence-electron chi connectivity index (χ4n) is 4.94. The van der Waals surface area contributed by atoms with Crippen LogP contribution in [0.25, 0.3) is 22.2 Å². The molecular formula is C25H32N4O4. The minimum atomic E-state index is -1.44. The maximum Gasteiger partial charge on any atom is 0.345 e. The summed E-state index contributed by atoms with van der Waals surface area (Å²) >= 11 is 0. The van der Waals surface area contributed by atoms with Crippen molar-refractivity contribution in [2.45, 2.75) is 45.7 Å². The number of nitrogens with two attached hydrogens (primary N) is 1. The average molecular weight is 453 g/mol. The van der Waals surface area contributed by atoms with E-state index in [2.05, 4.69) is 34.4 Å². The highest BCUT2D eigenvalue weighted by atomic mass is 16.4. The molecule has 8 nitrogen and oxygen atoms in total. The number of H-pyrrole nitrogens is 1. The molecule has 3 aromatic rings. The zero-order valence-corrected chi connectivity index (χ0v) is 19.6. The number of carboxylic acid groups (broad SMARTS) is 1. The van der Waals surface area contributed by atoms with E-state index in [1.54, 1.807) is 0 Å². The topological polar surface area (TPSA) is 125 Å². The normalized spacial score (nSPS) is 17.2. The van der Waals surface area contributed by atoms with E-state index in [1.807, 2.05) is 32.2 Å². The van der Waals surface area contributed by atoms with Crippen molar-refractivity contribution in [3.8, 4) is 17.0 Å². The molecule has 0 saturated carbocycles. The van der Waals surface area contributed by atoms with Crippen LogP contribution in [0.5, 0.6) is 5.75 Å². The third kappa shape index (κ3) is 4.16. The van der Waals surface area contributed by atoms with Gasteiger partial charge in [-0.15, -0.1) is 0 Å². The highest BCUT2D eigenvalue weighted by Crippen LogP contribution is 2.33. The second kappa shape index (κ2) is 8.35. The van der Waals surface area contributed by atoms with Crippen LogP contribution >= 0.6 is 0 Å². The third-order valence-electron chi connectivity index (χ3n) is 7.00. The Hall–Kier alpha value is -3.10. The van der Waals surface area contributed by atoms with Gasteiger partial charge in [0.05, 0.1) is 5.69 Å². The summed E-state index contributed by atoms with van der Waals surface area (Å²) in [6.45, 7) is 8.83. The predicted octanol–water partition coefficient (Wildman–Crippen LogP) is 3.06. The molecule has 1 aliphatic heterocycles. The number of nitrogens with zero attached hydrogens (tertiary/aromatic N) is 2. The molecule has 0 spiro atoms. The number of hydrogen-bond donors (Lipinski definition) is 4. The van der Waals surface area contributed by atoms with Crippen LogP contribution in [0.3, 0.4) is 0 Å². The van der Waals surface area contributed by atoms with Crippen molar-refractivity contribution in [1.29, 1.82) is 0 Å². The zero-order chi connectivity index (χ0) is 24.1. The SMILES string of the molecule is CCc1c(-c2ccc3c(c2)cc(CN2CCC(C(C)(C)N)C2)n3C)[nH]c(=O)c(C(=O)O)c1O. The number of carbonyl (C=O) groups is 1. The van der Waals surface area contributed by atoms with Crippen molar-refractivity contribution in [2.75, 3.05) is 13.1 Å². The number of aromatic nitrogens is 2. The molecule has 0 bridgehead atoms. The molecule has 1 aliphatic rings. The molecule has 1 aromatic carbocycles. The summed E-state index contributed by atoms with van der Waals surface area (Å²) in [6, 6.07) is 8.00. The molecule has 176 valence electrons. The second-order valence-corrected chi connectivity index (χ2v) is 9.70. The first kappa shape index (κ1) is 23.1. The van der Waals surface area contributed by atoms with Crippen LogP contribution in [0.4, 0.5) is 0 Å². The van der Waals surface area contributed by atoms with Crippen LogP contribution in [-0.4, -0.2) is 49.3 Å². The Morgan fingerprint density at radius 2 is 2.03 bits per heavy atom. The minimum Gasteiger partial charge on any atom is -0.506 e. The van der Waals surface area contributed by atoms with Crippen LogP contribution in [0.1, 0.15) is 48.8 Å². The van der Waals surface area contributed by atoms with Gasteiger partial charge in [-0.2, -0.15) is 0 Å². The number of carboxylic acids is 1. The van der Waals surface area contributed by atoms with E-state index in [0.29, 0.717) is 23.6 Å². The van der Waals surface area contributed by atoms with E-state index in [0.717, 1.165) is 42.5 Å². The first-order chi connectivity index (χ1) is 15.5. The molecule has 33 heavy (non-hydrogen) atoms. The van der Waals surface area contributed by atoms with Gasteiger partial charge in [0.15, 0.2) is 5.56 Å². The molecule has 0 amide bonds. The number of aromatic carboxylic acids is 1. The largest absolute Gasteiger partial charge is 0.506 e. The molecule has 1 unspecified atom stereocenters. The number of likely N-dealkylation sites (tertiary alicyclic amines) is 1. The van der Waals surface area contributed by atoms with E-state index in [9.17, 15) is 19.8 Å². The molecule has 1 fully saturated rings. The minimum absolute atomic E-state index is 0.182. The van der Waals surface area contributed by atoms with E-state index in [4.69, 9.17) is 5.73 Å². The van der Waals surface area contributed by atoms with Crippen LogP contribution < -0.4 is 11.3 Å². The zero-order valence-electron chi connectivity index (χ0n) is 19.6. The number of fused-ring (bicyclic) bond motifs is 1. The summed E-state index contributed by atoms with van der Waals surface area (Å²) in [4.78, 5) is 28.8. The van der Waals surface area contributed by atoms with Crippen LogP contribution in [0.15, 0.2) is 29.1 Å². The van der Waals surface area contributed by atoms with Gasteiger partial charge in [-0.1, -0.05) is 13.0 Å². The number of rotatable bonds is 6. The molecule has 3 heterocycles. The molecule has 5 N–H and O–H groups in total. The molecule has 1 saturated heterocycles. The Morgan fingerprint density at radius 1 is 1.30 bits per heavy atom. The van der Waals surface area contributed by atoms with Gasteiger partial charge in [0, 0.05) is 47.8 Å². The van der Waals surface area contributed by atoms with E-state index < -0.39 is 22.8 Å². The highest BCUT2D eigenvalue weighted by Gasteiger charge is 2.32. The van der Waals surface area contributed by atoms with Crippen molar-refractivity contribution in [3.63, 3.8) is 0 Å². The average Bonchev–Trinajstić information content (AvgIpc) is 3.32. The number of nitrogens with one attached hydrogen (secondary N) is 1. The Kier molecular flexibility index (Phi) is 5.84. The van der Waals surface area contributed by atoms with Gasteiger partial charge in [0.25, 0.3) is 5.56 Å². The monoisotopic (exact) mass is 452 g/mol. The predicted molar refractivity (Wildman–Crippen MR) is 129 cm³/mol. The van der Waals surface area contributed by atoms with E-state index in [-0.39, 0.29) is 5.54 Å². The molecule has 4 rings (SSSR count). The van der Waals surface area contributed by atoms with Crippen molar-refractivity contribution in [1.82, 2.24) is 14.5 Å². The summed E-state index contributed by atoms with van der Waals surface area (Å²) in [5.41, 5.74) is 8.55.